The van der Waals surface area contributed by atoms with Crippen LogP contribution in [0.15, 0.2) is 79.3 Å². The zero-order valence-corrected chi connectivity index (χ0v) is 17.1. The molecule has 0 fully saturated rings. The number of halogens is 1. The topological polar surface area (TPSA) is 59.7 Å². The van der Waals surface area contributed by atoms with Crippen molar-refractivity contribution in [3.63, 3.8) is 0 Å². The van der Waals surface area contributed by atoms with Crippen LogP contribution in [0.1, 0.15) is 11.1 Å². The van der Waals surface area contributed by atoms with Gasteiger partial charge in [0.2, 0.25) is 0 Å². The number of rotatable bonds is 6. The highest BCUT2D eigenvalue weighted by Crippen LogP contribution is 2.16. The van der Waals surface area contributed by atoms with Crippen molar-refractivity contribution in [2.75, 3.05) is 10.6 Å². The average molecular weight is 423 g/mol. The van der Waals surface area contributed by atoms with Crippen LogP contribution in [0.25, 0.3) is 0 Å². The van der Waals surface area contributed by atoms with Crippen molar-refractivity contribution in [2.45, 2.75) is 13.1 Å². The van der Waals surface area contributed by atoms with Gasteiger partial charge in [-0.25, -0.2) is 0 Å². The van der Waals surface area contributed by atoms with Crippen LogP contribution in [0.5, 0.6) is 0 Å². The average Bonchev–Trinajstić information content (AvgIpc) is 3.34. The molecule has 0 radical (unpaired) electrons. The monoisotopic (exact) mass is 422 g/mol. The van der Waals surface area contributed by atoms with Crippen LogP contribution in [-0.4, -0.2) is 24.7 Å². The summed E-state index contributed by atoms with van der Waals surface area (Å²) >= 11 is 11.6. The van der Waals surface area contributed by atoms with E-state index in [-0.39, 0.29) is 0 Å². The molecule has 2 aromatic carbocycles. The Morgan fingerprint density at radius 1 is 0.931 bits per heavy atom. The zero-order valence-electron chi connectivity index (χ0n) is 15.5. The first-order valence-corrected chi connectivity index (χ1v) is 9.85. The van der Waals surface area contributed by atoms with Crippen molar-refractivity contribution in [1.29, 1.82) is 0 Å². The Kier molecular flexibility index (Phi) is 5.88. The Balaban J connectivity index is 1.32. The molecule has 0 aliphatic heterocycles. The highest BCUT2D eigenvalue weighted by atomic mass is 35.5. The fraction of sp³-hybridized carbons (Fsp3) is 0.0952. The molecule has 0 spiro atoms. The SMILES string of the molecule is S=C(Nc1cnn(Cc2ccccc2)c1)Nc1ccn(Cc2ccccc2Cl)n1. The van der Waals surface area contributed by atoms with Crippen molar-refractivity contribution in [1.82, 2.24) is 19.6 Å². The number of nitrogens with zero attached hydrogens (tertiary/aromatic N) is 4. The highest BCUT2D eigenvalue weighted by Gasteiger charge is 2.06. The third-order valence-electron chi connectivity index (χ3n) is 4.25. The molecule has 8 heteroatoms. The Bertz CT molecular complexity index is 1110. The lowest BCUT2D eigenvalue weighted by Crippen LogP contribution is -2.19. The van der Waals surface area contributed by atoms with Crippen LogP contribution >= 0.6 is 23.8 Å². The zero-order chi connectivity index (χ0) is 20.1. The second-order valence-corrected chi connectivity index (χ2v) is 7.30. The molecule has 4 rings (SSSR count). The van der Waals surface area contributed by atoms with Gasteiger partial charge in [0, 0.05) is 23.5 Å². The summed E-state index contributed by atoms with van der Waals surface area (Å²) in [6, 6.07) is 19.8. The number of hydrogen-bond donors (Lipinski definition) is 2. The van der Waals surface area contributed by atoms with Crippen LogP contribution < -0.4 is 10.6 Å². The minimum atomic E-state index is 0.451. The lowest BCUT2D eigenvalue weighted by molar-refractivity contribution is 0.687. The first-order chi connectivity index (χ1) is 14.2. The standard InChI is InChI=1S/C21H19ClN6S/c22-19-9-5-4-8-17(19)14-27-11-10-20(26-27)25-21(29)24-18-12-23-28(15-18)13-16-6-2-1-3-7-16/h1-12,15H,13-14H2,(H2,24,25,26,29). The second-order valence-electron chi connectivity index (χ2n) is 6.48. The van der Waals surface area contributed by atoms with E-state index in [1.54, 1.807) is 6.20 Å². The van der Waals surface area contributed by atoms with Crippen LogP contribution in [0.4, 0.5) is 11.5 Å². The summed E-state index contributed by atoms with van der Waals surface area (Å²) in [5.74, 6) is 0.659. The molecular formula is C21H19ClN6S. The number of anilines is 2. The molecule has 0 unspecified atom stereocenters. The number of thiocarbonyl (C=S) groups is 1. The minimum absolute atomic E-state index is 0.451. The third kappa shape index (κ3) is 5.22. The molecule has 2 aromatic heterocycles. The lowest BCUT2D eigenvalue weighted by Gasteiger charge is -2.07. The Morgan fingerprint density at radius 3 is 2.55 bits per heavy atom. The first-order valence-electron chi connectivity index (χ1n) is 9.07. The van der Waals surface area contributed by atoms with Crippen molar-refractivity contribution in [3.05, 3.63) is 95.4 Å². The van der Waals surface area contributed by atoms with Crippen LogP contribution in [0.3, 0.4) is 0 Å². The van der Waals surface area contributed by atoms with E-state index in [1.807, 2.05) is 70.3 Å². The van der Waals surface area contributed by atoms with Crippen LogP contribution in [0, 0.1) is 0 Å². The van der Waals surface area contributed by atoms with E-state index in [9.17, 15) is 0 Å². The Labute approximate surface area is 179 Å². The van der Waals surface area contributed by atoms with Gasteiger partial charge in [0.25, 0.3) is 0 Å². The summed E-state index contributed by atoms with van der Waals surface area (Å²) in [6.45, 7) is 1.29. The molecule has 0 aliphatic rings. The van der Waals surface area contributed by atoms with E-state index in [0.717, 1.165) is 16.3 Å². The van der Waals surface area contributed by atoms with Crippen molar-refractivity contribution >= 4 is 40.4 Å². The summed E-state index contributed by atoms with van der Waals surface area (Å²) in [5, 5.41) is 16.2. The predicted molar refractivity (Wildman–Crippen MR) is 120 cm³/mol. The van der Waals surface area contributed by atoms with Gasteiger partial charge in [-0.1, -0.05) is 60.1 Å². The summed E-state index contributed by atoms with van der Waals surface area (Å²) in [4.78, 5) is 0. The van der Waals surface area contributed by atoms with Gasteiger partial charge in [0.05, 0.1) is 25.0 Å². The summed E-state index contributed by atoms with van der Waals surface area (Å²) < 4.78 is 3.67. The molecule has 0 aliphatic carbocycles. The lowest BCUT2D eigenvalue weighted by atomic mass is 10.2. The summed E-state index contributed by atoms with van der Waals surface area (Å²) in [5.41, 5.74) is 3.01. The largest absolute Gasteiger partial charge is 0.330 e. The smallest absolute Gasteiger partial charge is 0.176 e. The van der Waals surface area contributed by atoms with Crippen molar-refractivity contribution in [3.8, 4) is 0 Å². The molecule has 2 heterocycles. The highest BCUT2D eigenvalue weighted by molar-refractivity contribution is 7.80. The summed E-state index contributed by atoms with van der Waals surface area (Å²) in [6.07, 6.45) is 5.54. The molecular weight excluding hydrogens is 404 g/mol. The van der Waals surface area contributed by atoms with E-state index < -0.39 is 0 Å². The molecule has 146 valence electrons. The third-order valence-corrected chi connectivity index (χ3v) is 4.82. The molecule has 0 saturated heterocycles. The minimum Gasteiger partial charge on any atom is -0.330 e. The normalized spacial score (nSPS) is 10.7. The van der Waals surface area contributed by atoms with E-state index in [2.05, 4.69) is 33.0 Å². The van der Waals surface area contributed by atoms with Crippen molar-refractivity contribution in [2.24, 2.45) is 0 Å². The maximum atomic E-state index is 6.21. The van der Waals surface area contributed by atoms with Gasteiger partial charge in [-0.05, 0) is 29.4 Å². The predicted octanol–water partition coefficient (Wildman–Crippen LogP) is 4.64. The molecule has 0 amide bonds. The van der Waals surface area contributed by atoms with Gasteiger partial charge in [-0.15, -0.1) is 0 Å². The molecule has 0 atom stereocenters. The molecule has 4 aromatic rings. The number of nitrogens with one attached hydrogen (secondary N) is 2. The van der Waals surface area contributed by atoms with Gasteiger partial charge in [0.15, 0.2) is 10.9 Å². The molecule has 0 bridgehead atoms. The van der Waals surface area contributed by atoms with Gasteiger partial charge >= 0.3 is 0 Å². The maximum absolute atomic E-state index is 6.21. The molecule has 2 N–H and O–H groups in total. The Hall–Kier alpha value is -3.16. The summed E-state index contributed by atoms with van der Waals surface area (Å²) in [7, 11) is 0. The van der Waals surface area contributed by atoms with Crippen LogP contribution in [-0.2, 0) is 13.1 Å². The number of aromatic nitrogens is 4. The fourth-order valence-electron chi connectivity index (χ4n) is 2.88. The molecule has 0 saturated carbocycles. The van der Waals surface area contributed by atoms with Gasteiger partial charge in [-0.2, -0.15) is 10.2 Å². The Morgan fingerprint density at radius 2 is 1.72 bits per heavy atom. The number of hydrogen-bond acceptors (Lipinski definition) is 3. The quantitative estimate of drug-likeness (QED) is 0.443. The van der Waals surface area contributed by atoms with Gasteiger partial charge in [-0.3, -0.25) is 9.36 Å². The second kappa shape index (κ2) is 8.89. The van der Waals surface area contributed by atoms with E-state index in [4.69, 9.17) is 23.8 Å². The van der Waals surface area contributed by atoms with Gasteiger partial charge in [0.1, 0.15) is 0 Å². The molecule has 6 nitrogen and oxygen atoms in total. The number of benzene rings is 2. The van der Waals surface area contributed by atoms with E-state index in [1.165, 1.54) is 5.56 Å². The maximum Gasteiger partial charge on any atom is 0.176 e. The first kappa shape index (κ1) is 19.2. The van der Waals surface area contributed by atoms with Gasteiger partial charge < -0.3 is 10.6 Å². The fourth-order valence-corrected chi connectivity index (χ4v) is 3.30. The van der Waals surface area contributed by atoms with E-state index in [0.29, 0.717) is 24.0 Å². The molecule has 29 heavy (non-hydrogen) atoms. The van der Waals surface area contributed by atoms with E-state index >= 15 is 0 Å². The van der Waals surface area contributed by atoms with Crippen LogP contribution in [0.2, 0.25) is 5.02 Å². The van der Waals surface area contributed by atoms with Crippen molar-refractivity contribution < 1.29 is 0 Å².